The van der Waals surface area contributed by atoms with Gasteiger partial charge in [0.25, 0.3) is 5.91 Å². The van der Waals surface area contributed by atoms with Crippen LogP contribution in [0, 0.1) is 0 Å². The van der Waals surface area contributed by atoms with Crippen molar-refractivity contribution in [1.82, 2.24) is 20.2 Å². The molecule has 3 rings (SSSR count). The number of aromatic amines is 1. The number of imide groups is 1. The van der Waals surface area contributed by atoms with Crippen LogP contribution in [-0.4, -0.2) is 55.9 Å². The van der Waals surface area contributed by atoms with E-state index in [9.17, 15) is 24.3 Å². The Kier molecular flexibility index (Phi) is 6.22. The van der Waals surface area contributed by atoms with Crippen LogP contribution >= 0.6 is 0 Å². The molecule has 1 saturated heterocycles. The zero-order valence-corrected chi connectivity index (χ0v) is 15.4. The number of rotatable bonds is 7. The Labute approximate surface area is 165 Å². The van der Waals surface area contributed by atoms with Crippen LogP contribution in [0.1, 0.15) is 24.1 Å². The lowest BCUT2D eigenvalue weighted by atomic mass is 10.1. The molecule has 10 heteroatoms. The van der Waals surface area contributed by atoms with Crippen LogP contribution < -0.4 is 5.32 Å². The molecule has 0 saturated carbocycles. The van der Waals surface area contributed by atoms with Gasteiger partial charge in [-0.3, -0.25) is 9.59 Å². The number of imidazole rings is 1. The number of carboxylic acid groups (broad SMARTS) is 1. The largest absolute Gasteiger partial charge is 0.480 e. The topological polar surface area (TPSA) is 142 Å². The maximum absolute atomic E-state index is 12.9. The van der Waals surface area contributed by atoms with E-state index >= 15 is 0 Å². The summed E-state index contributed by atoms with van der Waals surface area (Å²) in [5.41, 5.74) is 1.04. The summed E-state index contributed by atoms with van der Waals surface area (Å²) in [6.07, 6.45) is 1.85. The highest BCUT2D eigenvalue weighted by molar-refractivity contribution is 6.01. The van der Waals surface area contributed by atoms with Crippen LogP contribution in [0.3, 0.4) is 0 Å². The van der Waals surface area contributed by atoms with Crippen molar-refractivity contribution in [2.75, 3.05) is 0 Å². The summed E-state index contributed by atoms with van der Waals surface area (Å²) >= 11 is 0. The molecule has 1 aromatic carbocycles. The monoisotopic (exact) mass is 400 g/mol. The Morgan fingerprint density at radius 2 is 2.03 bits per heavy atom. The molecular weight excluding hydrogens is 380 g/mol. The molecule has 152 valence electrons. The van der Waals surface area contributed by atoms with E-state index in [0.29, 0.717) is 16.2 Å². The lowest BCUT2D eigenvalue weighted by Crippen LogP contribution is -2.55. The van der Waals surface area contributed by atoms with Gasteiger partial charge in [-0.2, -0.15) is 0 Å². The SMILES string of the molecule is O=C1CCC(C(=O)N(C(=O)OCc2ccccc2)C(Cc2c[nH]cn2)C(=O)O)N1. The summed E-state index contributed by atoms with van der Waals surface area (Å²) in [4.78, 5) is 56.3. The molecule has 0 aliphatic carbocycles. The van der Waals surface area contributed by atoms with Crippen molar-refractivity contribution in [3.8, 4) is 0 Å². The molecule has 0 bridgehead atoms. The zero-order chi connectivity index (χ0) is 20.8. The average molecular weight is 400 g/mol. The molecule has 10 nitrogen and oxygen atoms in total. The number of nitrogens with one attached hydrogen (secondary N) is 2. The van der Waals surface area contributed by atoms with Crippen molar-refractivity contribution in [2.45, 2.75) is 38.0 Å². The standard InChI is InChI=1S/C19H20N4O6/c24-16-7-6-14(22-16)17(25)23(15(18(26)27)8-13-9-20-11-21-13)19(28)29-10-12-4-2-1-3-5-12/h1-5,9,11,14-15H,6-8,10H2,(H,20,21)(H,22,24)(H,26,27). The van der Waals surface area contributed by atoms with Crippen LogP contribution in [0.4, 0.5) is 4.79 Å². The first-order chi connectivity index (χ1) is 14.0. The van der Waals surface area contributed by atoms with Crippen LogP contribution in [0.2, 0.25) is 0 Å². The van der Waals surface area contributed by atoms with Crippen molar-refractivity contribution in [3.63, 3.8) is 0 Å². The lowest BCUT2D eigenvalue weighted by Gasteiger charge is -2.28. The molecule has 1 fully saturated rings. The fourth-order valence-corrected chi connectivity index (χ4v) is 3.02. The number of nitrogens with zero attached hydrogens (tertiary/aromatic N) is 2. The minimum absolute atomic E-state index is 0.125. The maximum Gasteiger partial charge on any atom is 0.417 e. The van der Waals surface area contributed by atoms with Gasteiger partial charge < -0.3 is 20.1 Å². The quantitative estimate of drug-likeness (QED) is 0.625. The molecule has 0 radical (unpaired) electrons. The predicted molar refractivity (Wildman–Crippen MR) is 98.4 cm³/mol. The molecule has 29 heavy (non-hydrogen) atoms. The zero-order valence-electron chi connectivity index (χ0n) is 15.4. The van der Waals surface area contributed by atoms with Gasteiger partial charge in [-0.05, 0) is 12.0 Å². The molecular formula is C19H20N4O6. The number of carbonyl (C=O) groups is 4. The van der Waals surface area contributed by atoms with Gasteiger partial charge in [0.1, 0.15) is 18.7 Å². The third-order valence-corrected chi connectivity index (χ3v) is 4.49. The summed E-state index contributed by atoms with van der Waals surface area (Å²) in [5, 5.41) is 12.2. The molecule has 2 heterocycles. The molecule has 2 atom stereocenters. The van der Waals surface area contributed by atoms with E-state index in [1.807, 2.05) is 0 Å². The van der Waals surface area contributed by atoms with Gasteiger partial charge in [0.15, 0.2) is 0 Å². The second kappa shape index (κ2) is 9.00. The number of hydrogen-bond donors (Lipinski definition) is 3. The Morgan fingerprint density at radius 1 is 1.28 bits per heavy atom. The first-order valence-corrected chi connectivity index (χ1v) is 8.99. The lowest BCUT2D eigenvalue weighted by molar-refractivity contribution is -0.149. The number of benzene rings is 1. The van der Waals surface area contributed by atoms with Crippen molar-refractivity contribution in [1.29, 1.82) is 0 Å². The Hall–Kier alpha value is -3.69. The smallest absolute Gasteiger partial charge is 0.417 e. The van der Waals surface area contributed by atoms with E-state index in [1.54, 1.807) is 30.3 Å². The molecule has 2 aromatic rings. The number of ether oxygens (including phenoxy) is 1. The van der Waals surface area contributed by atoms with E-state index in [1.165, 1.54) is 12.5 Å². The predicted octanol–water partition coefficient (Wildman–Crippen LogP) is 0.849. The normalized spacial score (nSPS) is 16.7. The van der Waals surface area contributed by atoms with Crippen LogP contribution in [0.5, 0.6) is 0 Å². The minimum atomic E-state index is -1.54. The summed E-state index contributed by atoms with van der Waals surface area (Å²) in [7, 11) is 0. The van der Waals surface area contributed by atoms with Crippen LogP contribution in [0.25, 0.3) is 0 Å². The van der Waals surface area contributed by atoms with Crippen molar-refractivity contribution < 1.29 is 29.0 Å². The summed E-state index contributed by atoms with van der Waals surface area (Å²) in [6.45, 7) is -0.130. The second-order valence-corrected chi connectivity index (χ2v) is 6.53. The number of hydrogen-bond acceptors (Lipinski definition) is 6. The number of carboxylic acids is 1. The molecule has 1 aliphatic rings. The van der Waals surface area contributed by atoms with Gasteiger partial charge in [-0.15, -0.1) is 0 Å². The summed E-state index contributed by atoms with van der Waals surface area (Å²) < 4.78 is 5.21. The average Bonchev–Trinajstić information content (AvgIpc) is 3.38. The summed E-state index contributed by atoms with van der Waals surface area (Å²) in [5.74, 6) is -2.54. The molecule has 3 amide bonds. The molecule has 3 N–H and O–H groups in total. The summed E-state index contributed by atoms with van der Waals surface area (Å²) in [6, 6.07) is 6.27. The van der Waals surface area contributed by atoms with Crippen LogP contribution in [0.15, 0.2) is 42.9 Å². The highest BCUT2D eigenvalue weighted by Crippen LogP contribution is 2.17. The van der Waals surface area contributed by atoms with E-state index in [0.717, 1.165) is 0 Å². The van der Waals surface area contributed by atoms with Gasteiger partial charge in [-0.1, -0.05) is 30.3 Å². The number of H-pyrrole nitrogens is 1. The number of aromatic nitrogens is 2. The third kappa shape index (κ3) is 4.98. The molecule has 1 aromatic heterocycles. The van der Waals surface area contributed by atoms with Gasteiger partial charge in [0.05, 0.1) is 12.0 Å². The van der Waals surface area contributed by atoms with E-state index in [2.05, 4.69) is 15.3 Å². The fraction of sp³-hybridized carbons (Fsp3) is 0.316. The van der Waals surface area contributed by atoms with Gasteiger partial charge in [-0.25, -0.2) is 19.5 Å². The van der Waals surface area contributed by atoms with E-state index in [4.69, 9.17) is 4.74 Å². The highest BCUT2D eigenvalue weighted by Gasteiger charge is 2.41. The number of carbonyl (C=O) groups excluding carboxylic acids is 3. The Morgan fingerprint density at radius 3 is 2.62 bits per heavy atom. The molecule has 0 spiro atoms. The van der Waals surface area contributed by atoms with Gasteiger partial charge in [0.2, 0.25) is 5.91 Å². The Balaban J connectivity index is 1.82. The van der Waals surface area contributed by atoms with Crippen molar-refractivity contribution in [3.05, 3.63) is 54.1 Å². The van der Waals surface area contributed by atoms with E-state index < -0.39 is 30.1 Å². The molecule has 1 aliphatic heterocycles. The van der Waals surface area contributed by atoms with Crippen molar-refractivity contribution >= 4 is 23.9 Å². The first-order valence-electron chi connectivity index (χ1n) is 8.99. The molecule has 2 unspecified atom stereocenters. The number of amides is 3. The first kappa shape index (κ1) is 20.1. The van der Waals surface area contributed by atoms with E-state index in [-0.39, 0.29) is 31.8 Å². The van der Waals surface area contributed by atoms with Crippen LogP contribution in [-0.2, 0) is 32.1 Å². The highest BCUT2D eigenvalue weighted by atomic mass is 16.6. The van der Waals surface area contributed by atoms with Gasteiger partial charge >= 0.3 is 12.1 Å². The minimum Gasteiger partial charge on any atom is -0.480 e. The maximum atomic E-state index is 12.9. The van der Waals surface area contributed by atoms with Gasteiger partial charge in [0, 0.05) is 19.0 Å². The number of aliphatic carboxylic acids is 1. The second-order valence-electron chi connectivity index (χ2n) is 6.53. The van der Waals surface area contributed by atoms with Crippen molar-refractivity contribution in [2.24, 2.45) is 0 Å². The Bertz CT molecular complexity index is 883. The third-order valence-electron chi connectivity index (χ3n) is 4.49. The fourth-order valence-electron chi connectivity index (χ4n) is 3.02.